The molecule has 144 valence electrons. The number of esters is 1. The number of nitrogens with one attached hydrogen (secondary N) is 1. The van der Waals surface area contributed by atoms with Gasteiger partial charge < -0.3 is 14.6 Å². The number of benzene rings is 2. The normalized spacial score (nSPS) is 16.1. The average Bonchev–Trinajstić information content (AvgIpc) is 3.10. The van der Waals surface area contributed by atoms with Gasteiger partial charge in [0.25, 0.3) is 0 Å². The molecule has 3 aromatic rings. The van der Waals surface area contributed by atoms with E-state index in [1.165, 1.54) is 13.2 Å². The number of fused-ring (bicyclic) bond motifs is 3. The number of amides is 1. The summed E-state index contributed by atoms with van der Waals surface area (Å²) >= 11 is 0. The number of para-hydroxylation sites is 1. The molecule has 5 nitrogen and oxygen atoms in total. The molecule has 1 N–H and O–H groups in total. The zero-order valence-electron chi connectivity index (χ0n) is 15.6. The van der Waals surface area contributed by atoms with E-state index in [2.05, 4.69) is 9.72 Å². The number of hydrogen-bond acceptors (Lipinski definition) is 3. The van der Waals surface area contributed by atoms with Gasteiger partial charge in [-0.2, -0.15) is 0 Å². The van der Waals surface area contributed by atoms with Gasteiger partial charge in [-0.3, -0.25) is 9.59 Å². The van der Waals surface area contributed by atoms with Crippen LogP contribution >= 0.6 is 0 Å². The first-order valence-corrected chi connectivity index (χ1v) is 9.30. The van der Waals surface area contributed by atoms with Gasteiger partial charge in [-0.15, -0.1) is 0 Å². The summed E-state index contributed by atoms with van der Waals surface area (Å²) in [6.45, 7) is 0.466. The molecule has 1 amide bonds. The SMILES string of the molecule is COC(=O)CCC(=O)N1CCc2c([nH]c3ccccc23)[C@@H]1c1ccccc1F. The predicted molar refractivity (Wildman–Crippen MR) is 103 cm³/mol. The second-order valence-electron chi connectivity index (χ2n) is 6.90. The number of ether oxygens (including phenoxy) is 1. The summed E-state index contributed by atoms with van der Waals surface area (Å²) < 4.78 is 19.3. The van der Waals surface area contributed by atoms with Crippen molar-refractivity contribution in [1.82, 2.24) is 9.88 Å². The van der Waals surface area contributed by atoms with E-state index in [1.807, 2.05) is 24.3 Å². The second-order valence-corrected chi connectivity index (χ2v) is 6.90. The molecular formula is C22H21FN2O3. The molecule has 1 aliphatic heterocycles. The molecule has 1 atom stereocenters. The Labute approximate surface area is 162 Å². The maximum absolute atomic E-state index is 14.7. The minimum Gasteiger partial charge on any atom is -0.469 e. The maximum atomic E-state index is 14.7. The largest absolute Gasteiger partial charge is 0.469 e. The number of nitrogens with zero attached hydrogens (tertiary/aromatic N) is 1. The molecule has 2 aromatic carbocycles. The highest BCUT2D eigenvalue weighted by atomic mass is 19.1. The Morgan fingerprint density at radius 3 is 2.68 bits per heavy atom. The van der Waals surface area contributed by atoms with Gasteiger partial charge in [-0.05, 0) is 24.1 Å². The van der Waals surface area contributed by atoms with E-state index in [9.17, 15) is 14.0 Å². The topological polar surface area (TPSA) is 62.4 Å². The van der Waals surface area contributed by atoms with E-state index in [0.717, 1.165) is 22.2 Å². The number of H-pyrrole nitrogens is 1. The average molecular weight is 380 g/mol. The number of hydrogen-bond donors (Lipinski definition) is 1. The lowest BCUT2D eigenvalue weighted by Crippen LogP contribution is -2.41. The highest BCUT2D eigenvalue weighted by molar-refractivity contribution is 5.87. The van der Waals surface area contributed by atoms with Gasteiger partial charge in [-0.25, -0.2) is 4.39 Å². The van der Waals surface area contributed by atoms with Gasteiger partial charge in [0, 0.05) is 35.1 Å². The van der Waals surface area contributed by atoms with Crippen LogP contribution in [0.2, 0.25) is 0 Å². The number of aromatic nitrogens is 1. The molecule has 0 spiro atoms. The molecule has 4 rings (SSSR count). The van der Waals surface area contributed by atoms with Gasteiger partial charge in [0.05, 0.1) is 13.5 Å². The molecule has 6 heteroatoms. The predicted octanol–water partition coefficient (Wildman–Crippen LogP) is 3.73. The number of carbonyl (C=O) groups excluding carboxylic acids is 2. The first-order valence-electron chi connectivity index (χ1n) is 9.30. The summed E-state index contributed by atoms with van der Waals surface area (Å²) in [4.78, 5) is 29.4. The fraction of sp³-hybridized carbons (Fsp3) is 0.273. The van der Waals surface area contributed by atoms with Crippen LogP contribution in [0.3, 0.4) is 0 Å². The zero-order chi connectivity index (χ0) is 19.7. The van der Waals surface area contributed by atoms with E-state index in [-0.39, 0.29) is 24.6 Å². The molecule has 1 aliphatic rings. The molecule has 1 aromatic heterocycles. The quantitative estimate of drug-likeness (QED) is 0.702. The van der Waals surface area contributed by atoms with Crippen molar-refractivity contribution in [2.75, 3.05) is 13.7 Å². The van der Waals surface area contributed by atoms with Gasteiger partial charge in [0.15, 0.2) is 0 Å². The molecule has 0 fully saturated rings. The minimum absolute atomic E-state index is 0.00931. The standard InChI is InChI=1S/C22H21FN2O3/c1-28-20(27)11-10-19(26)25-13-12-15-14-6-3-5-9-18(14)24-21(15)22(25)16-7-2-4-8-17(16)23/h2-9,22,24H,10-13H2,1H3/t22-/m0/s1. The van der Waals surface area contributed by atoms with Crippen LogP contribution in [0.5, 0.6) is 0 Å². The first kappa shape index (κ1) is 18.2. The molecular weight excluding hydrogens is 359 g/mol. The molecule has 2 heterocycles. The van der Waals surface area contributed by atoms with Crippen LogP contribution in [0.4, 0.5) is 4.39 Å². The summed E-state index contributed by atoms with van der Waals surface area (Å²) in [5, 5.41) is 1.10. The monoisotopic (exact) mass is 380 g/mol. The highest BCUT2D eigenvalue weighted by Gasteiger charge is 2.35. The van der Waals surface area contributed by atoms with Crippen molar-refractivity contribution < 1.29 is 18.7 Å². The summed E-state index contributed by atoms with van der Waals surface area (Å²) in [5.41, 5.74) is 3.36. The molecule has 0 saturated carbocycles. The lowest BCUT2D eigenvalue weighted by atomic mass is 9.91. The fourth-order valence-electron chi connectivity index (χ4n) is 3.98. The number of carbonyl (C=O) groups is 2. The van der Waals surface area contributed by atoms with Gasteiger partial charge >= 0.3 is 5.97 Å². The number of aromatic amines is 1. The third-order valence-electron chi connectivity index (χ3n) is 5.33. The molecule has 0 radical (unpaired) electrons. The Balaban J connectivity index is 1.78. The molecule has 28 heavy (non-hydrogen) atoms. The molecule has 0 saturated heterocycles. The number of rotatable bonds is 4. The summed E-state index contributed by atoms with van der Waals surface area (Å²) in [5.74, 6) is -0.980. The Bertz CT molecular complexity index is 1040. The molecule has 0 unspecified atom stereocenters. The Morgan fingerprint density at radius 1 is 1.14 bits per heavy atom. The number of halogens is 1. The van der Waals surface area contributed by atoms with Crippen molar-refractivity contribution in [2.24, 2.45) is 0 Å². The van der Waals surface area contributed by atoms with Crippen LogP contribution in [-0.2, 0) is 20.7 Å². The van der Waals surface area contributed by atoms with Crippen molar-refractivity contribution in [1.29, 1.82) is 0 Å². The van der Waals surface area contributed by atoms with Gasteiger partial charge in [-0.1, -0.05) is 36.4 Å². The third-order valence-corrected chi connectivity index (χ3v) is 5.33. The van der Waals surface area contributed by atoms with Crippen LogP contribution < -0.4 is 0 Å². The van der Waals surface area contributed by atoms with Crippen LogP contribution in [0, 0.1) is 5.82 Å². The van der Waals surface area contributed by atoms with Crippen LogP contribution in [-0.4, -0.2) is 35.4 Å². The van der Waals surface area contributed by atoms with Crippen molar-refractivity contribution >= 4 is 22.8 Å². The maximum Gasteiger partial charge on any atom is 0.306 e. The van der Waals surface area contributed by atoms with Crippen LogP contribution in [0.25, 0.3) is 10.9 Å². The van der Waals surface area contributed by atoms with Crippen LogP contribution in [0.1, 0.15) is 35.7 Å². The van der Waals surface area contributed by atoms with E-state index in [0.29, 0.717) is 18.5 Å². The van der Waals surface area contributed by atoms with Gasteiger partial charge in [0.1, 0.15) is 11.9 Å². The summed E-state index contributed by atoms with van der Waals surface area (Å²) in [6, 6.07) is 13.9. The van der Waals surface area contributed by atoms with E-state index < -0.39 is 12.0 Å². The van der Waals surface area contributed by atoms with Crippen molar-refractivity contribution in [2.45, 2.75) is 25.3 Å². The van der Waals surface area contributed by atoms with E-state index in [4.69, 9.17) is 0 Å². The second kappa shape index (κ2) is 7.46. The number of methoxy groups -OCH3 is 1. The first-order chi connectivity index (χ1) is 13.6. The Kier molecular flexibility index (Phi) is 4.86. The Morgan fingerprint density at radius 2 is 1.89 bits per heavy atom. The van der Waals surface area contributed by atoms with Gasteiger partial charge in [0.2, 0.25) is 5.91 Å². The van der Waals surface area contributed by atoms with Crippen molar-refractivity contribution in [3.05, 3.63) is 71.2 Å². The smallest absolute Gasteiger partial charge is 0.306 e. The zero-order valence-corrected chi connectivity index (χ0v) is 15.6. The fourth-order valence-corrected chi connectivity index (χ4v) is 3.98. The van der Waals surface area contributed by atoms with Crippen molar-refractivity contribution in [3.8, 4) is 0 Å². The van der Waals surface area contributed by atoms with E-state index in [1.54, 1.807) is 23.1 Å². The van der Waals surface area contributed by atoms with Crippen molar-refractivity contribution in [3.63, 3.8) is 0 Å². The highest BCUT2D eigenvalue weighted by Crippen LogP contribution is 2.39. The third kappa shape index (κ3) is 3.15. The summed E-state index contributed by atoms with van der Waals surface area (Å²) in [6.07, 6.45) is 0.719. The van der Waals surface area contributed by atoms with E-state index >= 15 is 0 Å². The molecule has 0 aliphatic carbocycles. The lowest BCUT2D eigenvalue weighted by molar-refractivity contribution is -0.144. The minimum atomic E-state index is -0.553. The lowest BCUT2D eigenvalue weighted by Gasteiger charge is -2.36. The summed E-state index contributed by atoms with van der Waals surface area (Å²) in [7, 11) is 1.30. The van der Waals surface area contributed by atoms with Crippen LogP contribution in [0.15, 0.2) is 48.5 Å². The Hall–Kier alpha value is -3.15. The molecule has 0 bridgehead atoms.